The molecule has 120 valence electrons. The minimum atomic E-state index is 0.270. The molecular weight excluding hydrogens is 318 g/mol. The molecule has 2 aliphatic heterocycles. The second kappa shape index (κ2) is 6.18. The van der Waals surface area contributed by atoms with E-state index in [1.165, 1.54) is 0 Å². The summed E-state index contributed by atoms with van der Waals surface area (Å²) in [7, 11) is 0. The minimum Gasteiger partial charge on any atom is -0.486 e. The Kier molecular flexibility index (Phi) is 3.89. The van der Waals surface area contributed by atoms with Gasteiger partial charge >= 0.3 is 0 Å². The van der Waals surface area contributed by atoms with Crippen molar-refractivity contribution in [3.05, 3.63) is 46.5 Å². The zero-order valence-corrected chi connectivity index (χ0v) is 13.2. The Hall–Kier alpha value is -2.11. The number of hydrogen-bond donors (Lipinski definition) is 1. The van der Waals surface area contributed by atoms with E-state index in [1.807, 2.05) is 30.3 Å². The van der Waals surface area contributed by atoms with Crippen LogP contribution in [-0.2, 0) is 17.9 Å². The van der Waals surface area contributed by atoms with E-state index >= 15 is 0 Å². The van der Waals surface area contributed by atoms with E-state index in [9.17, 15) is 0 Å². The molecule has 2 heterocycles. The third-order valence-corrected chi connectivity index (χ3v) is 4.00. The lowest BCUT2D eigenvalue weighted by Gasteiger charge is -2.22. The van der Waals surface area contributed by atoms with Gasteiger partial charge in [-0.1, -0.05) is 11.6 Å². The molecule has 0 atom stereocenters. The van der Waals surface area contributed by atoms with Crippen LogP contribution >= 0.6 is 11.6 Å². The summed E-state index contributed by atoms with van der Waals surface area (Å²) in [4.78, 5) is 0. The van der Waals surface area contributed by atoms with Crippen molar-refractivity contribution in [2.75, 3.05) is 25.3 Å². The first-order valence-corrected chi connectivity index (χ1v) is 7.83. The predicted molar refractivity (Wildman–Crippen MR) is 86.5 cm³/mol. The van der Waals surface area contributed by atoms with Gasteiger partial charge in [0.25, 0.3) is 0 Å². The van der Waals surface area contributed by atoms with E-state index in [0.717, 1.165) is 34.1 Å². The molecule has 1 N–H and O–H groups in total. The summed E-state index contributed by atoms with van der Waals surface area (Å²) in [6.45, 7) is 2.56. The highest BCUT2D eigenvalue weighted by Gasteiger charge is 2.17. The van der Waals surface area contributed by atoms with Crippen molar-refractivity contribution in [1.82, 2.24) is 0 Å². The highest BCUT2D eigenvalue weighted by molar-refractivity contribution is 6.30. The van der Waals surface area contributed by atoms with Gasteiger partial charge in [0.05, 0.1) is 6.61 Å². The van der Waals surface area contributed by atoms with Crippen molar-refractivity contribution in [3.8, 4) is 17.2 Å². The van der Waals surface area contributed by atoms with Gasteiger partial charge in [-0.2, -0.15) is 0 Å². The number of hydrogen-bond acceptors (Lipinski definition) is 5. The third-order valence-electron chi connectivity index (χ3n) is 3.78. The van der Waals surface area contributed by atoms with Crippen molar-refractivity contribution in [3.63, 3.8) is 0 Å². The molecule has 0 bridgehead atoms. The first-order valence-electron chi connectivity index (χ1n) is 7.45. The van der Waals surface area contributed by atoms with Gasteiger partial charge in [0, 0.05) is 34.4 Å². The van der Waals surface area contributed by atoms with Crippen molar-refractivity contribution >= 4 is 17.3 Å². The van der Waals surface area contributed by atoms with Gasteiger partial charge < -0.3 is 24.3 Å². The first kappa shape index (κ1) is 14.5. The molecule has 0 fully saturated rings. The SMILES string of the molecule is Clc1cc(CNc2ccc3c(c2)OCCO3)c2c(c1)COCO2. The van der Waals surface area contributed by atoms with Crippen LogP contribution in [0.5, 0.6) is 17.2 Å². The first-order chi connectivity index (χ1) is 11.3. The molecule has 0 amide bonds. The molecule has 0 aliphatic carbocycles. The number of benzene rings is 2. The molecule has 2 aromatic rings. The van der Waals surface area contributed by atoms with Crippen LogP contribution in [0.4, 0.5) is 5.69 Å². The summed E-state index contributed by atoms with van der Waals surface area (Å²) in [6, 6.07) is 9.61. The topological polar surface area (TPSA) is 49.0 Å². The Bertz CT molecular complexity index is 735. The smallest absolute Gasteiger partial charge is 0.189 e. The monoisotopic (exact) mass is 333 g/mol. The second-order valence-electron chi connectivity index (χ2n) is 5.38. The molecule has 0 saturated heterocycles. The zero-order valence-electron chi connectivity index (χ0n) is 12.4. The number of halogens is 1. The fourth-order valence-corrected chi connectivity index (χ4v) is 3.00. The quantitative estimate of drug-likeness (QED) is 0.930. The molecule has 2 aromatic carbocycles. The van der Waals surface area contributed by atoms with E-state index in [1.54, 1.807) is 0 Å². The summed E-state index contributed by atoms with van der Waals surface area (Å²) in [6.07, 6.45) is 0. The maximum Gasteiger partial charge on any atom is 0.189 e. The van der Waals surface area contributed by atoms with Crippen molar-refractivity contribution in [1.29, 1.82) is 0 Å². The highest BCUT2D eigenvalue weighted by atomic mass is 35.5. The number of anilines is 1. The van der Waals surface area contributed by atoms with Crippen LogP contribution in [0, 0.1) is 0 Å². The summed E-state index contributed by atoms with van der Waals surface area (Å²) in [5, 5.41) is 4.05. The Morgan fingerprint density at radius 2 is 1.87 bits per heavy atom. The number of fused-ring (bicyclic) bond motifs is 2. The lowest BCUT2D eigenvalue weighted by Crippen LogP contribution is -2.16. The molecule has 0 unspecified atom stereocenters. The maximum atomic E-state index is 6.18. The molecular formula is C17H16ClNO4. The number of ether oxygens (including phenoxy) is 4. The Labute approximate surface area is 139 Å². The van der Waals surface area contributed by atoms with Crippen molar-refractivity contribution < 1.29 is 18.9 Å². The zero-order chi connectivity index (χ0) is 15.6. The van der Waals surface area contributed by atoms with Crippen LogP contribution in [0.2, 0.25) is 5.02 Å². The average molecular weight is 334 g/mol. The normalized spacial score (nSPS) is 15.5. The van der Waals surface area contributed by atoms with Gasteiger partial charge in [-0.25, -0.2) is 0 Å². The number of rotatable bonds is 3. The summed E-state index contributed by atoms with van der Waals surface area (Å²) < 4.78 is 22.0. The fourth-order valence-electron chi connectivity index (χ4n) is 2.74. The summed E-state index contributed by atoms with van der Waals surface area (Å²) >= 11 is 6.18. The molecule has 0 saturated carbocycles. The largest absolute Gasteiger partial charge is 0.486 e. The Balaban J connectivity index is 1.54. The van der Waals surface area contributed by atoms with Crippen LogP contribution in [0.1, 0.15) is 11.1 Å². The molecule has 6 heteroatoms. The summed E-state index contributed by atoms with van der Waals surface area (Å²) in [5.74, 6) is 2.40. The van der Waals surface area contributed by atoms with Crippen LogP contribution in [-0.4, -0.2) is 20.0 Å². The molecule has 0 aromatic heterocycles. The molecule has 2 aliphatic rings. The summed E-state index contributed by atoms with van der Waals surface area (Å²) in [5.41, 5.74) is 2.93. The average Bonchev–Trinajstić information content (AvgIpc) is 2.59. The van der Waals surface area contributed by atoms with E-state index in [2.05, 4.69) is 5.32 Å². The van der Waals surface area contributed by atoms with Crippen molar-refractivity contribution in [2.24, 2.45) is 0 Å². The van der Waals surface area contributed by atoms with Gasteiger partial charge in [0.15, 0.2) is 18.3 Å². The molecule has 23 heavy (non-hydrogen) atoms. The highest BCUT2D eigenvalue weighted by Crippen LogP contribution is 2.34. The molecule has 4 rings (SSSR count). The standard InChI is InChI=1S/C17H16ClNO4/c18-13-5-11(17-12(6-13)9-20-10-23-17)8-19-14-1-2-15-16(7-14)22-4-3-21-15/h1-2,5-7,19H,3-4,8-10H2. The predicted octanol–water partition coefficient (Wildman–Crippen LogP) is 3.59. The van der Waals surface area contributed by atoms with E-state index in [4.69, 9.17) is 30.5 Å². The lowest BCUT2D eigenvalue weighted by molar-refractivity contribution is -0.0169. The van der Waals surface area contributed by atoms with Gasteiger partial charge in [-0.05, 0) is 24.3 Å². The minimum absolute atomic E-state index is 0.270. The second-order valence-corrected chi connectivity index (χ2v) is 5.81. The third kappa shape index (κ3) is 3.02. The van der Waals surface area contributed by atoms with Gasteiger partial charge in [0.2, 0.25) is 0 Å². The van der Waals surface area contributed by atoms with Gasteiger partial charge in [-0.3, -0.25) is 0 Å². The van der Waals surface area contributed by atoms with Crippen LogP contribution in [0.3, 0.4) is 0 Å². The Morgan fingerprint density at radius 1 is 1.00 bits per heavy atom. The maximum absolute atomic E-state index is 6.18. The van der Waals surface area contributed by atoms with E-state index in [-0.39, 0.29) is 6.79 Å². The Morgan fingerprint density at radius 3 is 2.78 bits per heavy atom. The van der Waals surface area contributed by atoms with Crippen LogP contribution < -0.4 is 19.5 Å². The van der Waals surface area contributed by atoms with Crippen LogP contribution in [0.25, 0.3) is 0 Å². The van der Waals surface area contributed by atoms with Gasteiger partial charge in [0.1, 0.15) is 19.0 Å². The molecule has 0 spiro atoms. The number of nitrogens with one attached hydrogen (secondary N) is 1. The fraction of sp³-hybridized carbons (Fsp3) is 0.294. The molecule has 5 nitrogen and oxygen atoms in total. The lowest BCUT2D eigenvalue weighted by atomic mass is 10.1. The van der Waals surface area contributed by atoms with Crippen molar-refractivity contribution in [2.45, 2.75) is 13.2 Å². The van der Waals surface area contributed by atoms with Gasteiger partial charge in [-0.15, -0.1) is 0 Å². The van der Waals surface area contributed by atoms with E-state index < -0.39 is 0 Å². The molecule has 0 radical (unpaired) electrons. The van der Waals surface area contributed by atoms with E-state index in [0.29, 0.717) is 31.4 Å². The van der Waals surface area contributed by atoms with Crippen LogP contribution in [0.15, 0.2) is 30.3 Å².